The summed E-state index contributed by atoms with van der Waals surface area (Å²) in [6.07, 6.45) is 5.31. The van der Waals surface area contributed by atoms with Crippen molar-refractivity contribution in [1.29, 1.82) is 5.26 Å². The highest BCUT2D eigenvalue weighted by atomic mass is 32.2. The monoisotopic (exact) mass is 371 g/mol. The number of amides is 1. The minimum absolute atomic E-state index is 0.0279. The maximum Gasteiger partial charge on any atom is 0.230 e. The SMILES string of the molecule is CCc1ccc(CNC(=O)CSc2nc3c(cc2C#N)CCCC3)s1. The number of aryl methyl sites for hydroxylation is 3. The largest absolute Gasteiger partial charge is 0.350 e. The van der Waals surface area contributed by atoms with Crippen molar-refractivity contribution in [3.8, 4) is 6.07 Å². The number of nitrogens with zero attached hydrogens (tertiary/aromatic N) is 2. The molecule has 0 saturated heterocycles. The molecule has 130 valence electrons. The number of carbonyl (C=O) groups is 1. The maximum atomic E-state index is 12.1. The number of hydrogen-bond donors (Lipinski definition) is 1. The molecule has 0 unspecified atom stereocenters. The molecule has 0 saturated carbocycles. The zero-order valence-electron chi connectivity index (χ0n) is 14.3. The summed E-state index contributed by atoms with van der Waals surface area (Å²) in [5.74, 6) is 0.256. The molecular weight excluding hydrogens is 350 g/mol. The predicted octanol–water partition coefficient (Wildman–Crippen LogP) is 3.86. The van der Waals surface area contributed by atoms with E-state index in [1.807, 2.05) is 6.07 Å². The maximum absolute atomic E-state index is 12.1. The molecule has 0 aromatic carbocycles. The first-order chi connectivity index (χ1) is 12.2. The lowest BCUT2D eigenvalue weighted by molar-refractivity contribution is -0.118. The second-order valence-electron chi connectivity index (χ2n) is 6.05. The van der Waals surface area contributed by atoms with Crippen LogP contribution in [0, 0.1) is 11.3 Å². The highest BCUT2D eigenvalue weighted by Gasteiger charge is 2.16. The molecule has 0 radical (unpaired) electrons. The fraction of sp³-hybridized carbons (Fsp3) is 0.421. The van der Waals surface area contributed by atoms with Crippen molar-refractivity contribution in [2.75, 3.05) is 5.75 Å². The molecular formula is C19H21N3OS2. The molecule has 25 heavy (non-hydrogen) atoms. The lowest BCUT2D eigenvalue weighted by atomic mass is 9.95. The minimum atomic E-state index is -0.0279. The van der Waals surface area contributed by atoms with Gasteiger partial charge in [0.2, 0.25) is 5.91 Å². The smallest absolute Gasteiger partial charge is 0.230 e. The van der Waals surface area contributed by atoms with E-state index in [2.05, 4.69) is 35.4 Å². The van der Waals surface area contributed by atoms with E-state index < -0.39 is 0 Å². The van der Waals surface area contributed by atoms with Gasteiger partial charge in [-0.3, -0.25) is 4.79 Å². The van der Waals surface area contributed by atoms with Gasteiger partial charge in [0.25, 0.3) is 0 Å². The Morgan fingerprint density at radius 3 is 2.92 bits per heavy atom. The second kappa shape index (κ2) is 8.50. The Labute approximate surface area is 156 Å². The molecule has 1 amide bonds. The third-order valence-electron chi connectivity index (χ3n) is 4.25. The van der Waals surface area contributed by atoms with E-state index in [9.17, 15) is 10.1 Å². The average Bonchev–Trinajstić information content (AvgIpc) is 3.12. The Kier molecular flexibility index (Phi) is 6.11. The lowest BCUT2D eigenvalue weighted by Gasteiger charge is -2.16. The molecule has 0 spiro atoms. The van der Waals surface area contributed by atoms with E-state index in [-0.39, 0.29) is 11.7 Å². The highest BCUT2D eigenvalue weighted by molar-refractivity contribution is 8.00. The Bertz CT molecular complexity index is 807. The fourth-order valence-electron chi connectivity index (χ4n) is 2.88. The summed E-state index contributed by atoms with van der Waals surface area (Å²) in [4.78, 5) is 19.3. The molecule has 2 heterocycles. The molecule has 1 aliphatic rings. The molecule has 3 rings (SSSR count). The van der Waals surface area contributed by atoms with Crippen LogP contribution in [0.4, 0.5) is 0 Å². The van der Waals surface area contributed by atoms with E-state index in [0.29, 0.717) is 17.1 Å². The Morgan fingerprint density at radius 1 is 1.36 bits per heavy atom. The van der Waals surface area contributed by atoms with Crippen LogP contribution in [-0.4, -0.2) is 16.6 Å². The van der Waals surface area contributed by atoms with Gasteiger partial charge in [-0.25, -0.2) is 4.98 Å². The summed E-state index contributed by atoms with van der Waals surface area (Å²) in [5.41, 5.74) is 2.88. The zero-order valence-corrected chi connectivity index (χ0v) is 15.9. The fourth-order valence-corrected chi connectivity index (χ4v) is 4.59. The van der Waals surface area contributed by atoms with Crippen molar-refractivity contribution in [2.24, 2.45) is 0 Å². The highest BCUT2D eigenvalue weighted by Crippen LogP contribution is 2.27. The zero-order chi connectivity index (χ0) is 17.6. The van der Waals surface area contributed by atoms with Crippen molar-refractivity contribution < 1.29 is 4.79 Å². The van der Waals surface area contributed by atoms with Crippen molar-refractivity contribution >= 4 is 29.0 Å². The third-order valence-corrected chi connectivity index (χ3v) is 6.47. The lowest BCUT2D eigenvalue weighted by Crippen LogP contribution is -2.24. The summed E-state index contributed by atoms with van der Waals surface area (Å²) in [6.45, 7) is 2.69. The van der Waals surface area contributed by atoms with Gasteiger partial charge in [-0.15, -0.1) is 11.3 Å². The summed E-state index contributed by atoms with van der Waals surface area (Å²) in [6, 6.07) is 8.35. The van der Waals surface area contributed by atoms with Crippen LogP contribution in [0.5, 0.6) is 0 Å². The number of pyridine rings is 1. The van der Waals surface area contributed by atoms with Crippen LogP contribution in [0.3, 0.4) is 0 Å². The van der Waals surface area contributed by atoms with Gasteiger partial charge in [-0.2, -0.15) is 5.26 Å². The Morgan fingerprint density at radius 2 is 2.16 bits per heavy atom. The van der Waals surface area contributed by atoms with E-state index in [1.54, 1.807) is 11.3 Å². The molecule has 1 aliphatic carbocycles. The van der Waals surface area contributed by atoms with Gasteiger partial charge < -0.3 is 5.32 Å². The van der Waals surface area contributed by atoms with Gasteiger partial charge in [0.15, 0.2) is 0 Å². The van der Waals surface area contributed by atoms with E-state index in [1.165, 1.54) is 27.1 Å². The van der Waals surface area contributed by atoms with Crippen LogP contribution < -0.4 is 5.32 Å². The Hall–Kier alpha value is -1.84. The number of carbonyl (C=O) groups excluding carboxylic acids is 1. The van der Waals surface area contributed by atoms with Gasteiger partial charge >= 0.3 is 0 Å². The molecule has 0 bridgehead atoms. The summed E-state index contributed by atoms with van der Waals surface area (Å²) >= 11 is 3.09. The van der Waals surface area contributed by atoms with Gasteiger partial charge in [-0.05, 0) is 55.9 Å². The predicted molar refractivity (Wildman–Crippen MR) is 102 cm³/mol. The number of fused-ring (bicyclic) bond motifs is 1. The van der Waals surface area contributed by atoms with Crippen molar-refractivity contribution in [3.63, 3.8) is 0 Å². The van der Waals surface area contributed by atoms with E-state index in [0.717, 1.165) is 37.8 Å². The number of nitriles is 1. The van der Waals surface area contributed by atoms with Gasteiger partial charge in [0, 0.05) is 15.4 Å². The van der Waals surface area contributed by atoms with E-state index in [4.69, 9.17) is 0 Å². The molecule has 1 N–H and O–H groups in total. The molecule has 2 aromatic rings. The summed E-state index contributed by atoms with van der Waals surface area (Å²) < 4.78 is 0. The minimum Gasteiger partial charge on any atom is -0.350 e. The number of aromatic nitrogens is 1. The van der Waals surface area contributed by atoms with Crippen LogP contribution in [-0.2, 0) is 30.6 Å². The van der Waals surface area contributed by atoms with Crippen molar-refractivity contribution in [3.05, 3.63) is 44.8 Å². The summed E-state index contributed by atoms with van der Waals surface area (Å²) in [7, 11) is 0. The van der Waals surface area contributed by atoms with Crippen LogP contribution in [0.15, 0.2) is 23.2 Å². The number of hydrogen-bond acceptors (Lipinski definition) is 5. The molecule has 0 atom stereocenters. The number of nitrogens with one attached hydrogen (secondary N) is 1. The van der Waals surface area contributed by atoms with Crippen LogP contribution in [0.1, 0.15) is 46.3 Å². The van der Waals surface area contributed by atoms with Crippen LogP contribution >= 0.6 is 23.1 Å². The normalized spacial score (nSPS) is 13.1. The molecule has 0 fully saturated rings. The third kappa shape index (κ3) is 4.62. The van der Waals surface area contributed by atoms with Crippen LogP contribution in [0.2, 0.25) is 0 Å². The molecule has 4 nitrogen and oxygen atoms in total. The van der Waals surface area contributed by atoms with Gasteiger partial charge in [0.05, 0.1) is 17.9 Å². The molecule has 2 aromatic heterocycles. The summed E-state index contributed by atoms with van der Waals surface area (Å²) in [5, 5.41) is 13.0. The van der Waals surface area contributed by atoms with Crippen LogP contribution in [0.25, 0.3) is 0 Å². The molecule has 6 heteroatoms. The quantitative estimate of drug-likeness (QED) is 0.783. The van der Waals surface area contributed by atoms with Gasteiger partial charge in [0.1, 0.15) is 11.1 Å². The second-order valence-corrected chi connectivity index (χ2v) is 8.27. The average molecular weight is 372 g/mol. The first kappa shape index (κ1) is 18.0. The van der Waals surface area contributed by atoms with E-state index >= 15 is 0 Å². The first-order valence-electron chi connectivity index (χ1n) is 8.59. The standard InChI is InChI=1S/C19H21N3OS2/c1-2-15-7-8-16(25-15)11-21-18(23)12-24-19-14(10-20)9-13-5-3-4-6-17(13)22-19/h7-9H,2-6,11-12H2,1H3,(H,21,23). The van der Waals surface area contributed by atoms with Gasteiger partial charge in [-0.1, -0.05) is 18.7 Å². The van der Waals surface area contributed by atoms with Crippen molar-refractivity contribution in [2.45, 2.75) is 50.6 Å². The molecule has 0 aliphatic heterocycles. The topological polar surface area (TPSA) is 65.8 Å². The Balaban J connectivity index is 1.57. The number of thioether (sulfide) groups is 1. The first-order valence-corrected chi connectivity index (χ1v) is 10.4. The number of thiophene rings is 1. The van der Waals surface area contributed by atoms with Crippen molar-refractivity contribution in [1.82, 2.24) is 10.3 Å². The number of rotatable bonds is 6.